The van der Waals surface area contributed by atoms with Crippen LogP contribution in [0.3, 0.4) is 0 Å². The van der Waals surface area contributed by atoms with Crippen molar-refractivity contribution in [1.29, 1.82) is 5.26 Å². The fraction of sp³-hybridized carbons (Fsp3) is 0.474. The topological polar surface area (TPSA) is 87.8 Å². The predicted octanol–water partition coefficient (Wildman–Crippen LogP) is 3.68. The Morgan fingerprint density at radius 3 is 2.78 bits per heavy atom. The molecule has 1 heterocycles. The van der Waals surface area contributed by atoms with Gasteiger partial charge in [0, 0.05) is 11.1 Å². The molecule has 8 heteroatoms. The molecule has 0 atom stereocenters. The van der Waals surface area contributed by atoms with Crippen molar-refractivity contribution in [2.75, 3.05) is 5.75 Å². The lowest BCUT2D eigenvalue weighted by Gasteiger charge is -2.22. The molecule has 1 aromatic heterocycles. The first-order chi connectivity index (χ1) is 12.8. The molecule has 6 nitrogen and oxygen atoms in total. The molecular weight excluding hydrogens is 384 g/mol. The van der Waals surface area contributed by atoms with Gasteiger partial charge in [-0.2, -0.15) is 5.26 Å². The molecule has 0 aliphatic heterocycles. The lowest BCUT2D eigenvalue weighted by molar-refractivity contribution is -0.119. The van der Waals surface area contributed by atoms with Gasteiger partial charge in [0.1, 0.15) is 5.54 Å². The number of fused-ring (bicyclic) bond motifs is 1. The first kappa shape index (κ1) is 19.7. The Balaban J connectivity index is 1.85. The van der Waals surface area contributed by atoms with E-state index in [1.54, 1.807) is 22.8 Å². The number of halogens is 1. The zero-order chi connectivity index (χ0) is 19.6. The molecule has 1 N–H and O–H groups in total. The van der Waals surface area contributed by atoms with Gasteiger partial charge in [0.2, 0.25) is 5.91 Å². The number of benzene rings is 1. The number of rotatable bonds is 5. The Morgan fingerprint density at radius 1 is 1.44 bits per heavy atom. The largest absolute Gasteiger partial charge is 0.337 e. The van der Waals surface area contributed by atoms with Gasteiger partial charge in [-0.1, -0.05) is 23.4 Å². The second-order valence-corrected chi connectivity index (χ2v) is 8.44. The maximum absolute atomic E-state index is 12.8. The third kappa shape index (κ3) is 4.12. The standard InChI is InChI=1S/C19H21ClN4O2S/c1-12(2)24-17(26)14-6-5-13(20)9-15(14)22-18(24)27-10-16(25)23-19(11-21)7-3-4-8-19/h5-6,9,12H,3-4,7-8,10H2,1-2H3,(H,23,25). The predicted molar refractivity (Wildman–Crippen MR) is 107 cm³/mol. The van der Waals surface area contributed by atoms with E-state index in [1.807, 2.05) is 13.8 Å². The van der Waals surface area contributed by atoms with Crippen molar-refractivity contribution < 1.29 is 4.79 Å². The van der Waals surface area contributed by atoms with Crippen molar-refractivity contribution in [2.24, 2.45) is 0 Å². The minimum atomic E-state index is -0.750. The third-order valence-electron chi connectivity index (χ3n) is 4.73. The van der Waals surface area contributed by atoms with E-state index in [1.165, 1.54) is 11.8 Å². The number of carbonyl (C=O) groups excluding carboxylic acids is 1. The van der Waals surface area contributed by atoms with Gasteiger partial charge in [-0.25, -0.2) is 4.98 Å². The van der Waals surface area contributed by atoms with Gasteiger partial charge in [-0.3, -0.25) is 14.2 Å². The number of nitriles is 1. The molecule has 1 aliphatic rings. The molecule has 0 unspecified atom stereocenters. The molecule has 0 bridgehead atoms. The molecule has 0 spiro atoms. The number of hydrogen-bond acceptors (Lipinski definition) is 5. The number of hydrogen-bond donors (Lipinski definition) is 1. The minimum absolute atomic E-state index is 0.0919. The van der Waals surface area contributed by atoms with E-state index in [4.69, 9.17) is 11.6 Å². The van der Waals surface area contributed by atoms with Crippen LogP contribution >= 0.6 is 23.4 Å². The van der Waals surface area contributed by atoms with Gasteiger partial charge in [-0.05, 0) is 57.7 Å². The van der Waals surface area contributed by atoms with Gasteiger partial charge in [0.05, 0.1) is 22.7 Å². The summed E-state index contributed by atoms with van der Waals surface area (Å²) in [6, 6.07) is 7.13. The maximum Gasteiger partial charge on any atom is 0.262 e. The fourth-order valence-corrected chi connectivity index (χ4v) is 4.48. The molecule has 27 heavy (non-hydrogen) atoms. The van der Waals surface area contributed by atoms with Crippen LogP contribution < -0.4 is 10.9 Å². The van der Waals surface area contributed by atoms with E-state index in [0.29, 0.717) is 33.9 Å². The lowest BCUT2D eigenvalue weighted by Crippen LogP contribution is -2.45. The number of aromatic nitrogens is 2. The summed E-state index contributed by atoms with van der Waals surface area (Å²) in [4.78, 5) is 29.8. The lowest BCUT2D eigenvalue weighted by atomic mass is 10.0. The van der Waals surface area contributed by atoms with E-state index < -0.39 is 5.54 Å². The van der Waals surface area contributed by atoms with Gasteiger partial charge in [0.25, 0.3) is 5.56 Å². The van der Waals surface area contributed by atoms with Crippen LogP contribution in [0.5, 0.6) is 0 Å². The van der Waals surface area contributed by atoms with Gasteiger partial charge < -0.3 is 5.32 Å². The highest BCUT2D eigenvalue weighted by Gasteiger charge is 2.35. The van der Waals surface area contributed by atoms with Crippen LogP contribution in [-0.2, 0) is 4.79 Å². The summed E-state index contributed by atoms with van der Waals surface area (Å²) in [5.41, 5.74) is -0.393. The molecule has 2 aromatic rings. The minimum Gasteiger partial charge on any atom is -0.337 e. The normalized spacial score (nSPS) is 15.8. The Kier molecular flexibility index (Phi) is 5.78. The SMILES string of the molecule is CC(C)n1c(SCC(=O)NC2(C#N)CCCC2)nc2cc(Cl)ccc2c1=O. The second kappa shape index (κ2) is 7.91. The molecule has 1 amide bonds. The van der Waals surface area contributed by atoms with Crippen molar-refractivity contribution in [3.8, 4) is 6.07 Å². The van der Waals surface area contributed by atoms with Crippen molar-refractivity contribution in [3.63, 3.8) is 0 Å². The van der Waals surface area contributed by atoms with Gasteiger partial charge in [0.15, 0.2) is 5.16 Å². The van der Waals surface area contributed by atoms with Crippen molar-refractivity contribution in [3.05, 3.63) is 33.6 Å². The van der Waals surface area contributed by atoms with Gasteiger partial charge in [-0.15, -0.1) is 0 Å². The molecule has 0 radical (unpaired) electrons. The average molecular weight is 405 g/mol. The smallest absolute Gasteiger partial charge is 0.262 e. The molecule has 0 saturated heterocycles. The van der Waals surface area contributed by atoms with Crippen molar-refractivity contribution in [1.82, 2.24) is 14.9 Å². The summed E-state index contributed by atoms with van der Waals surface area (Å²) in [5, 5.41) is 13.7. The Labute approximate surface area is 166 Å². The quantitative estimate of drug-likeness (QED) is 0.606. The molecular formula is C19H21ClN4O2S. The first-order valence-electron chi connectivity index (χ1n) is 8.92. The van der Waals surface area contributed by atoms with E-state index in [-0.39, 0.29) is 23.3 Å². The van der Waals surface area contributed by atoms with Crippen LogP contribution in [0, 0.1) is 11.3 Å². The third-order valence-corrected chi connectivity index (χ3v) is 5.92. The van der Waals surface area contributed by atoms with Gasteiger partial charge >= 0.3 is 0 Å². The van der Waals surface area contributed by atoms with Crippen LogP contribution in [0.4, 0.5) is 0 Å². The van der Waals surface area contributed by atoms with E-state index in [2.05, 4.69) is 16.4 Å². The highest BCUT2D eigenvalue weighted by Crippen LogP contribution is 2.29. The Bertz CT molecular complexity index is 974. The Morgan fingerprint density at radius 2 is 2.15 bits per heavy atom. The van der Waals surface area contributed by atoms with E-state index in [9.17, 15) is 14.9 Å². The van der Waals surface area contributed by atoms with E-state index >= 15 is 0 Å². The van der Waals surface area contributed by atoms with Crippen LogP contribution in [0.2, 0.25) is 5.02 Å². The summed E-state index contributed by atoms with van der Waals surface area (Å²) in [7, 11) is 0. The number of thioether (sulfide) groups is 1. The first-order valence-corrected chi connectivity index (χ1v) is 10.3. The highest BCUT2D eigenvalue weighted by molar-refractivity contribution is 7.99. The number of amides is 1. The second-order valence-electron chi connectivity index (χ2n) is 7.06. The van der Waals surface area contributed by atoms with Crippen LogP contribution in [-0.4, -0.2) is 26.8 Å². The summed E-state index contributed by atoms with van der Waals surface area (Å²) < 4.78 is 1.59. The van der Waals surface area contributed by atoms with Crippen LogP contribution in [0.1, 0.15) is 45.6 Å². The maximum atomic E-state index is 12.8. The fourth-order valence-electron chi connectivity index (χ4n) is 3.39. The van der Waals surface area contributed by atoms with Crippen molar-refractivity contribution >= 4 is 40.2 Å². The molecule has 1 saturated carbocycles. The van der Waals surface area contributed by atoms with Crippen LogP contribution in [0.15, 0.2) is 28.2 Å². The zero-order valence-electron chi connectivity index (χ0n) is 15.3. The summed E-state index contributed by atoms with van der Waals surface area (Å²) >= 11 is 7.23. The molecule has 1 aromatic carbocycles. The summed E-state index contributed by atoms with van der Waals surface area (Å²) in [6.45, 7) is 3.80. The van der Waals surface area contributed by atoms with E-state index in [0.717, 1.165) is 12.8 Å². The Hall–Kier alpha value is -2.04. The number of nitrogens with one attached hydrogen (secondary N) is 1. The average Bonchev–Trinajstić information content (AvgIpc) is 3.08. The molecule has 1 fully saturated rings. The summed E-state index contributed by atoms with van der Waals surface area (Å²) in [6.07, 6.45) is 3.26. The molecule has 3 rings (SSSR count). The zero-order valence-corrected chi connectivity index (χ0v) is 16.9. The summed E-state index contributed by atoms with van der Waals surface area (Å²) in [5.74, 6) is -0.131. The molecule has 142 valence electrons. The monoisotopic (exact) mass is 404 g/mol. The van der Waals surface area contributed by atoms with Crippen LogP contribution in [0.25, 0.3) is 10.9 Å². The molecule has 1 aliphatic carbocycles. The highest BCUT2D eigenvalue weighted by atomic mass is 35.5. The van der Waals surface area contributed by atoms with Crippen molar-refractivity contribution in [2.45, 2.75) is 56.3 Å². The number of nitrogens with zero attached hydrogens (tertiary/aromatic N) is 3. The number of carbonyl (C=O) groups is 1.